The normalized spacial score (nSPS) is 10.6. The number of benzene rings is 2. The molecule has 0 saturated heterocycles. The van der Waals surface area contributed by atoms with E-state index in [2.05, 4.69) is 64.6 Å². The van der Waals surface area contributed by atoms with E-state index < -0.39 is 0 Å². The number of hydrogen-bond acceptors (Lipinski definition) is 3. The van der Waals surface area contributed by atoms with E-state index in [0.29, 0.717) is 0 Å². The number of methoxy groups -OCH3 is 1. The molecule has 0 saturated carbocycles. The van der Waals surface area contributed by atoms with Crippen LogP contribution < -0.4 is 10.1 Å². The highest BCUT2D eigenvalue weighted by Gasteiger charge is 2.02. The molecule has 0 bridgehead atoms. The van der Waals surface area contributed by atoms with Gasteiger partial charge in [-0.1, -0.05) is 25.1 Å². The summed E-state index contributed by atoms with van der Waals surface area (Å²) >= 11 is 5.37. The van der Waals surface area contributed by atoms with Gasteiger partial charge in [0.15, 0.2) is 0 Å². The first-order valence-electron chi connectivity index (χ1n) is 6.97. The Labute approximate surface area is 139 Å². The van der Waals surface area contributed by atoms with Crippen LogP contribution in [0.25, 0.3) is 0 Å². The molecule has 112 valence electrons. The maximum Gasteiger partial charge on any atom is 0.133 e. The highest BCUT2D eigenvalue weighted by Crippen LogP contribution is 2.29. The van der Waals surface area contributed by atoms with Crippen molar-refractivity contribution in [2.24, 2.45) is 0 Å². The highest BCUT2D eigenvalue weighted by molar-refractivity contribution is 9.10. The summed E-state index contributed by atoms with van der Waals surface area (Å²) in [7, 11) is 1.68. The smallest absolute Gasteiger partial charge is 0.133 e. The lowest BCUT2D eigenvalue weighted by atomic mass is 10.2. The molecular weight excluding hydrogens is 346 g/mol. The summed E-state index contributed by atoms with van der Waals surface area (Å²) < 4.78 is 6.25. The molecule has 21 heavy (non-hydrogen) atoms. The van der Waals surface area contributed by atoms with Crippen molar-refractivity contribution in [3.63, 3.8) is 0 Å². The minimum atomic E-state index is 0.872. The van der Waals surface area contributed by atoms with E-state index >= 15 is 0 Å². The molecule has 0 fully saturated rings. The molecule has 4 heteroatoms. The fraction of sp³-hybridized carbons (Fsp3) is 0.294. The Balaban J connectivity index is 1.92. The lowest BCUT2D eigenvalue weighted by molar-refractivity contribution is 0.412. The molecule has 2 aromatic carbocycles. The van der Waals surface area contributed by atoms with Crippen LogP contribution in [0.15, 0.2) is 51.8 Å². The van der Waals surface area contributed by atoms with Crippen LogP contribution in [0.2, 0.25) is 0 Å². The molecule has 2 rings (SSSR count). The Morgan fingerprint density at radius 1 is 1.10 bits per heavy atom. The summed E-state index contributed by atoms with van der Waals surface area (Å²) in [5.74, 6) is 1.83. The third-order valence-corrected chi connectivity index (χ3v) is 4.83. The van der Waals surface area contributed by atoms with Crippen LogP contribution >= 0.6 is 27.7 Å². The van der Waals surface area contributed by atoms with Gasteiger partial charge in [0.2, 0.25) is 0 Å². The monoisotopic (exact) mass is 365 g/mol. The van der Waals surface area contributed by atoms with Crippen LogP contribution in [-0.2, 0) is 12.3 Å². The number of rotatable bonds is 7. The van der Waals surface area contributed by atoms with Crippen LogP contribution in [0.5, 0.6) is 5.75 Å². The van der Waals surface area contributed by atoms with Gasteiger partial charge in [0.1, 0.15) is 5.75 Å². The Kier molecular flexibility index (Phi) is 6.61. The largest absolute Gasteiger partial charge is 0.496 e. The summed E-state index contributed by atoms with van der Waals surface area (Å²) in [4.78, 5) is 1.29. The first-order chi connectivity index (χ1) is 10.2. The molecule has 0 aliphatic carbocycles. The average molecular weight is 366 g/mol. The molecule has 0 unspecified atom stereocenters. The molecule has 0 spiro atoms. The molecule has 0 amide bonds. The van der Waals surface area contributed by atoms with Gasteiger partial charge >= 0.3 is 0 Å². The standard InChI is InChI=1S/C17H20BrNOS/c1-3-19-11-13-4-7-15(8-5-13)21-12-14-6-9-17(20-2)16(18)10-14/h4-10,19H,3,11-12H2,1-2H3. The summed E-state index contributed by atoms with van der Waals surface area (Å²) in [6.45, 7) is 4.06. The lowest BCUT2D eigenvalue weighted by Gasteiger charge is -2.07. The van der Waals surface area contributed by atoms with E-state index in [4.69, 9.17) is 4.74 Å². The topological polar surface area (TPSA) is 21.3 Å². The molecule has 2 nitrogen and oxygen atoms in total. The maximum atomic E-state index is 5.25. The third-order valence-electron chi connectivity index (χ3n) is 3.12. The van der Waals surface area contributed by atoms with E-state index in [1.165, 1.54) is 16.0 Å². The number of nitrogens with one attached hydrogen (secondary N) is 1. The summed E-state index contributed by atoms with van der Waals surface area (Å²) in [5.41, 5.74) is 2.61. The summed E-state index contributed by atoms with van der Waals surface area (Å²) in [5, 5.41) is 3.34. The minimum absolute atomic E-state index is 0.872. The van der Waals surface area contributed by atoms with Gasteiger partial charge in [0, 0.05) is 17.2 Å². The van der Waals surface area contributed by atoms with E-state index in [1.54, 1.807) is 7.11 Å². The zero-order chi connectivity index (χ0) is 15.1. The van der Waals surface area contributed by atoms with E-state index in [1.807, 2.05) is 17.8 Å². The van der Waals surface area contributed by atoms with E-state index in [0.717, 1.165) is 29.1 Å². The number of hydrogen-bond donors (Lipinski definition) is 1. The number of ether oxygens (including phenoxy) is 1. The van der Waals surface area contributed by atoms with Gasteiger partial charge in [0.05, 0.1) is 11.6 Å². The van der Waals surface area contributed by atoms with Crippen molar-refractivity contribution in [2.45, 2.75) is 24.1 Å². The molecule has 2 aromatic rings. The van der Waals surface area contributed by atoms with Crippen molar-refractivity contribution in [2.75, 3.05) is 13.7 Å². The van der Waals surface area contributed by atoms with Gasteiger partial charge in [-0.2, -0.15) is 0 Å². The van der Waals surface area contributed by atoms with Crippen molar-refractivity contribution in [1.82, 2.24) is 5.32 Å². The van der Waals surface area contributed by atoms with Crippen molar-refractivity contribution in [3.05, 3.63) is 58.1 Å². The van der Waals surface area contributed by atoms with E-state index in [9.17, 15) is 0 Å². The first kappa shape index (κ1) is 16.4. The van der Waals surface area contributed by atoms with Crippen LogP contribution in [0.3, 0.4) is 0 Å². The number of halogens is 1. The van der Waals surface area contributed by atoms with Gasteiger partial charge in [0.25, 0.3) is 0 Å². The molecule has 0 aliphatic rings. The Bertz CT molecular complexity index is 572. The Morgan fingerprint density at radius 2 is 1.81 bits per heavy atom. The minimum Gasteiger partial charge on any atom is -0.496 e. The van der Waals surface area contributed by atoms with Crippen molar-refractivity contribution in [1.29, 1.82) is 0 Å². The second-order valence-corrected chi connectivity index (χ2v) is 6.58. The van der Waals surface area contributed by atoms with Gasteiger partial charge in [-0.15, -0.1) is 11.8 Å². The van der Waals surface area contributed by atoms with Gasteiger partial charge in [-0.25, -0.2) is 0 Å². The fourth-order valence-electron chi connectivity index (χ4n) is 1.94. The zero-order valence-electron chi connectivity index (χ0n) is 12.4. The fourth-order valence-corrected chi connectivity index (χ4v) is 3.37. The average Bonchev–Trinajstić information content (AvgIpc) is 2.52. The van der Waals surface area contributed by atoms with Crippen molar-refractivity contribution in [3.8, 4) is 5.75 Å². The molecule has 0 atom stereocenters. The lowest BCUT2D eigenvalue weighted by Crippen LogP contribution is -2.11. The van der Waals surface area contributed by atoms with Gasteiger partial charge in [-0.05, 0) is 57.9 Å². The van der Waals surface area contributed by atoms with Gasteiger partial charge in [-0.3, -0.25) is 0 Å². The molecule has 0 aliphatic heterocycles. The molecule has 0 radical (unpaired) electrons. The van der Waals surface area contributed by atoms with Crippen LogP contribution in [0.1, 0.15) is 18.1 Å². The predicted molar refractivity (Wildman–Crippen MR) is 94.1 cm³/mol. The van der Waals surface area contributed by atoms with Gasteiger partial charge < -0.3 is 10.1 Å². The van der Waals surface area contributed by atoms with Crippen molar-refractivity contribution >= 4 is 27.7 Å². The Hall–Kier alpha value is -0.970. The summed E-state index contributed by atoms with van der Waals surface area (Å²) in [6, 6.07) is 15.0. The SMILES string of the molecule is CCNCc1ccc(SCc2ccc(OC)c(Br)c2)cc1. The molecular formula is C17H20BrNOS. The molecule has 0 aromatic heterocycles. The van der Waals surface area contributed by atoms with E-state index in [-0.39, 0.29) is 0 Å². The van der Waals surface area contributed by atoms with Crippen LogP contribution in [0, 0.1) is 0 Å². The zero-order valence-corrected chi connectivity index (χ0v) is 14.8. The number of thioether (sulfide) groups is 1. The first-order valence-corrected chi connectivity index (χ1v) is 8.75. The van der Waals surface area contributed by atoms with Crippen molar-refractivity contribution < 1.29 is 4.74 Å². The van der Waals surface area contributed by atoms with Crippen LogP contribution in [0.4, 0.5) is 0 Å². The maximum absolute atomic E-state index is 5.25. The second kappa shape index (κ2) is 8.47. The van der Waals surface area contributed by atoms with Crippen LogP contribution in [-0.4, -0.2) is 13.7 Å². The highest BCUT2D eigenvalue weighted by atomic mass is 79.9. The predicted octanol–water partition coefficient (Wildman–Crippen LogP) is 4.86. The molecule has 0 heterocycles. The Morgan fingerprint density at radius 3 is 2.43 bits per heavy atom. The molecule has 1 N–H and O–H groups in total. The summed E-state index contributed by atoms with van der Waals surface area (Å²) in [6.07, 6.45) is 0. The third kappa shape index (κ3) is 5.06. The second-order valence-electron chi connectivity index (χ2n) is 4.68. The quantitative estimate of drug-likeness (QED) is 0.707.